The van der Waals surface area contributed by atoms with Crippen molar-refractivity contribution in [2.45, 2.75) is 31.0 Å². The van der Waals surface area contributed by atoms with E-state index in [9.17, 15) is 19.2 Å². The van der Waals surface area contributed by atoms with Crippen LogP contribution in [0.5, 0.6) is 0 Å². The molecule has 4 atom stereocenters. The molecule has 9 nitrogen and oxygen atoms in total. The summed E-state index contributed by atoms with van der Waals surface area (Å²) in [4.78, 5) is 52.4. The molecule has 1 aromatic carbocycles. The van der Waals surface area contributed by atoms with Gasteiger partial charge in [0, 0.05) is 30.6 Å². The highest BCUT2D eigenvalue weighted by Gasteiger charge is 2.47. The molecule has 0 saturated carbocycles. The van der Waals surface area contributed by atoms with Gasteiger partial charge in [-0.1, -0.05) is 0 Å². The molecule has 3 fully saturated rings. The van der Waals surface area contributed by atoms with Crippen LogP contribution in [-0.2, 0) is 14.3 Å². The average Bonchev–Trinajstić information content (AvgIpc) is 3.32. The Hall–Kier alpha value is -2.78. The molecule has 9 heteroatoms. The zero-order valence-electron chi connectivity index (χ0n) is 15.1. The van der Waals surface area contributed by atoms with Crippen LogP contribution in [0.3, 0.4) is 0 Å². The lowest BCUT2D eigenvalue weighted by atomic mass is 10.0. The Balaban J connectivity index is 1.45. The summed E-state index contributed by atoms with van der Waals surface area (Å²) < 4.78 is 5.56. The summed E-state index contributed by atoms with van der Waals surface area (Å²) in [7, 11) is 0. The van der Waals surface area contributed by atoms with Crippen molar-refractivity contribution in [2.24, 2.45) is 11.7 Å². The largest absolute Gasteiger partial charge is 0.379 e. The van der Waals surface area contributed by atoms with Gasteiger partial charge in [-0.3, -0.25) is 29.4 Å². The van der Waals surface area contributed by atoms with E-state index in [0.717, 1.165) is 10.6 Å². The number of ether oxygens (including phenoxy) is 1. The third kappa shape index (κ3) is 2.39. The van der Waals surface area contributed by atoms with Crippen molar-refractivity contribution in [3.63, 3.8) is 0 Å². The maximum Gasteiger partial charge on any atom is 0.262 e. The Labute approximate surface area is 160 Å². The van der Waals surface area contributed by atoms with Gasteiger partial charge in [0.05, 0.1) is 30.4 Å². The maximum absolute atomic E-state index is 13.0. The fourth-order valence-corrected chi connectivity index (χ4v) is 4.72. The van der Waals surface area contributed by atoms with Gasteiger partial charge in [0.2, 0.25) is 11.8 Å². The van der Waals surface area contributed by atoms with Gasteiger partial charge in [-0.25, -0.2) is 0 Å². The van der Waals surface area contributed by atoms with Gasteiger partial charge in [0.1, 0.15) is 6.04 Å². The van der Waals surface area contributed by atoms with Crippen molar-refractivity contribution in [1.82, 2.24) is 10.2 Å². The number of piperidine rings is 1. The molecular weight excluding hydrogens is 364 g/mol. The van der Waals surface area contributed by atoms with Gasteiger partial charge in [-0.15, -0.1) is 0 Å². The third-order valence-corrected chi connectivity index (χ3v) is 6.21. The quantitative estimate of drug-likeness (QED) is 0.644. The molecule has 28 heavy (non-hydrogen) atoms. The molecule has 4 unspecified atom stereocenters. The summed E-state index contributed by atoms with van der Waals surface area (Å²) in [6.45, 7) is 1.88. The minimum atomic E-state index is -0.957. The van der Waals surface area contributed by atoms with E-state index in [-0.39, 0.29) is 47.9 Å². The predicted molar refractivity (Wildman–Crippen MR) is 96.5 cm³/mol. The molecule has 4 amide bonds. The first kappa shape index (κ1) is 17.3. The minimum Gasteiger partial charge on any atom is -0.379 e. The summed E-state index contributed by atoms with van der Waals surface area (Å²) in [5.74, 6) is -1.74. The highest BCUT2D eigenvalue weighted by Crippen LogP contribution is 2.36. The number of carbonyl (C=O) groups excluding carboxylic acids is 4. The number of rotatable bonds is 2. The van der Waals surface area contributed by atoms with Gasteiger partial charge < -0.3 is 15.4 Å². The summed E-state index contributed by atoms with van der Waals surface area (Å²) in [5, 5.41) is 2.20. The summed E-state index contributed by atoms with van der Waals surface area (Å²) in [6, 6.07) is 4.34. The fourth-order valence-electron chi connectivity index (χ4n) is 4.72. The second kappa shape index (κ2) is 6.11. The Morgan fingerprint density at radius 2 is 1.86 bits per heavy atom. The van der Waals surface area contributed by atoms with Crippen molar-refractivity contribution >= 4 is 29.3 Å². The van der Waals surface area contributed by atoms with Crippen LogP contribution in [0.4, 0.5) is 5.69 Å². The lowest BCUT2D eigenvalue weighted by molar-refractivity contribution is -0.136. The van der Waals surface area contributed by atoms with Crippen molar-refractivity contribution in [3.05, 3.63) is 29.3 Å². The Kier molecular flexibility index (Phi) is 3.78. The predicted octanol–water partition coefficient (Wildman–Crippen LogP) is -0.750. The van der Waals surface area contributed by atoms with Gasteiger partial charge in [0.15, 0.2) is 0 Å². The summed E-state index contributed by atoms with van der Waals surface area (Å²) >= 11 is 0. The molecule has 3 saturated heterocycles. The first-order valence-corrected chi connectivity index (χ1v) is 9.41. The number of nitrogens with two attached hydrogens (primary N) is 1. The van der Waals surface area contributed by atoms with Crippen LogP contribution in [0.15, 0.2) is 18.2 Å². The molecule has 0 radical (unpaired) electrons. The number of nitrogens with one attached hydrogen (secondary N) is 1. The van der Waals surface area contributed by atoms with Crippen molar-refractivity contribution in [2.75, 3.05) is 24.7 Å². The SMILES string of the molecule is NC1CN(c2ccc3c(c2)C(=O)N(C2CCC(=O)NC2=O)C3=O)C2COCC12. The zero-order chi connectivity index (χ0) is 19.6. The first-order chi connectivity index (χ1) is 13.5. The molecule has 5 rings (SSSR count). The van der Waals surface area contributed by atoms with E-state index in [0.29, 0.717) is 19.8 Å². The number of nitrogens with zero attached hydrogens (tertiary/aromatic N) is 2. The number of carbonyl (C=O) groups is 4. The van der Waals surface area contributed by atoms with E-state index < -0.39 is 23.8 Å². The van der Waals surface area contributed by atoms with Gasteiger partial charge in [-0.2, -0.15) is 0 Å². The number of imide groups is 2. The van der Waals surface area contributed by atoms with Crippen LogP contribution in [0, 0.1) is 5.92 Å². The van der Waals surface area contributed by atoms with E-state index in [1.165, 1.54) is 0 Å². The molecule has 1 aromatic rings. The van der Waals surface area contributed by atoms with Gasteiger partial charge >= 0.3 is 0 Å². The molecule has 4 heterocycles. The van der Waals surface area contributed by atoms with Crippen LogP contribution in [-0.4, -0.2) is 66.4 Å². The smallest absolute Gasteiger partial charge is 0.262 e. The van der Waals surface area contributed by atoms with E-state index in [4.69, 9.17) is 10.5 Å². The van der Waals surface area contributed by atoms with Crippen LogP contribution in [0.2, 0.25) is 0 Å². The second-order valence-corrected chi connectivity index (χ2v) is 7.76. The average molecular weight is 384 g/mol. The van der Waals surface area contributed by atoms with Crippen molar-refractivity contribution < 1.29 is 23.9 Å². The fraction of sp³-hybridized carbons (Fsp3) is 0.474. The van der Waals surface area contributed by atoms with E-state index in [2.05, 4.69) is 10.2 Å². The molecule has 0 spiro atoms. The topological polar surface area (TPSA) is 122 Å². The van der Waals surface area contributed by atoms with Gasteiger partial charge in [-0.05, 0) is 24.6 Å². The lowest BCUT2D eigenvalue weighted by Crippen LogP contribution is -2.54. The Morgan fingerprint density at radius 1 is 1.07 bits per heavy atom. The van der Waals surface area contributed by atoms with Crippen LogP contribution < -0.4 is 16.0 Å². The molecule has 4 aliphatic heterocycles. The summed E-state index contributed by atoms with van der Waals surface area (Å²) in [6.07, 6.45) is 0.245. The zero-order valence-corrected chi connectivity index (χ0v) is 15.1. The maximum atomic E-state index is 13.0. The number of hydrogen-bond acceptors (Lipinski definition) is 7. The molecule has 0 aromatic heterocycles. The van der Waals surface area contributed by atoms with E-state index in [1.807, 2.05) is 6.07 Å². The summed E-state index contributed by atoms with van der Waals surface area (Å²) in [5.41, 5.74) is 7.61. The van der Waals surface area contributed by atoms with Crippen molar-refractivity contribution in [3.8, 4) is 0 Å². The highest BCUT2D eigenvalue weighted by molar-refractivity contribution is 6.23. The minimum absolute atomic E-state index is 0.00180. The van der Waals surface area contributed by atoms with Crippen LogP contribution in [0.25, 0.3) is 0 Å². The first-order valence-electron chi connectivity index (χ1n) is 9.41. The third-order valence-electron chi connectivity index (χ3n) is 6.21. The molecule has 4 aliphatic rings. The molecule has 146 valence electrons. The number of benzene rings is 1. The molecular formula is C19H20N4O5. The second-order valence-electron chi connectivity index (χ2n) is 7.76. The highest BCUT2D eigenvalue weighted by atomic mass is 16.5. The number of fused-ring (bicyclic) bond motifs is 2. The van der Waals surface area contributed by atoms with E-state index in [1.54, 1.807) is 12.1 Å². The molecule has 3 N–H and O–H groups in total. The number of hydrogen-bond donors (Lipinski definition) is 2. The monoisotopic (exact) mass is 384 g/mol. The Bertz CT molecular complexity index is 916. The normalized spacial score (nSPS) is 32.0. The molecule has 0 aliphatic carbocycles. The molecule has 0 bridgehead atoms. The Morgan fingerprint density at radius 3 is 2.64 bits per heavy atom. The van der Waals surface area contributed by atoms with Gasteiger partial charge in [0.25, 0.3) is 11.8 Å². The number of amides is 4. The van der Waals surface area contributed by atoms with E-state index >= 15 is 0 Å². The van der Waals surface area contributed by atoms with Crippen molar-refractivity contribution in [1.29, 1.82) is 0 Å². The van der Waals surface area contributed by atoms with Crippen LogP contribution >= 0.6 is 0 Å². The lowest BCUT2D eigenvalue weighted by Gasteiger charge is -2.27. The standard InChI is InChI=1S/C19H20N4O5/c20-13-6-22(15-8-28-7-12(13)15)9-1-2-10-11(5-9)19(27)23(18(10)26)14-3-4-16(24)21-17(14)25/h1-2,5,12-15H,3-4,6-8,20H2,(H,21,24,25). The van der Waals surface area contributed by atoms with Crippen LogP contribution in [0.1, 0.15) is 33.6 Å². The number of anilines is 1.